The molecule has 1 rings (SSSR count). The molecule has 0 amide bonds. The minimum atomic E-state index is -0.741. The van der Waals surface area contributed by atoms with Gasteiger partial charge in [0.05, 0.1) is 17.3 Å². The zero-order valence-corrected chi connectivity index (χ0v) is 8.87. The second-order valence-corrected chi connectivity index (χ2v) is 3.37. The Labute approximate surface area is 88.7 Å². The predicted octanol–water partition coefficient (Wildman–Crippen LogP) is 2.20. The van der Waals surface area contributed by atoms with Crippen molar-refractivity contribution in [3.05, 3.63) is 29.0 Å². The number of pyridine rings is 1. The minimum absolute atomic E-state index is 0.241. The molecule has 4 heteroatoms. The molecule has 0 aliphatic rings. The van der Waals surface area contributed by atoms with E-state index in [4.69, 9.17) is 16.3 Å². The highest BCUT2D eigenvalue weighted by Gasteiger charge is 2.12. The lowest BCUT2D eigenvalue weighted by Gasteiger charge is -2.11. The van der Waals surface area contributed by atoms with Gasteiger partial charge in [-0.25, -0.2) is 0 Å². The van der Waals surface area contributed by atoms with Crippen molar-refractivity contribution in [2.24, 2.45) is 0 Å². The summed E-state index contributed by atoms with van der Waals surface area (Å²) in [5.41, 5.74) is 0.477. The quantitative estimate of drug-likeness (QED) is 0.766. The Morgan fingerprint density at radius 3 is 3.07 bits per heavy atom. The smallest absolute Gasteiger partial charge is 0.121 e. The molecule has 1 heterocycles. The van der Waals surface area contributed by atoms with E-state index in [-0.39, 0.29) is 6.61 Å². The molecule has 0 saturated heterocycles. The van der Waals surface area contributed by atoms with Crippen LogP contribution in [-0.4, -0.2) is 23.3 Å². The fourth-order valence-electron chi connectivity index (χ4n) is 1.06. The fourth-order valence-corrected chi connectivity index (χ4v) is 1.31. The number of rotatable bonds is 5. The molecule has 1 atom stereocenters. The zero-order chi connectivity index (χ0) is 10.4. The highest BCUT2D eigenvalue weighted by atomic mass is 35.5. The van der Waals surface area contributed by atoms with E-state index in [1.165, 1.54) is 0 Å². The maximum absolute atomic E-state index is 9.66. The van der Waals surface area contributed by atoms with Crippen molar-refractivity contribution in [3.8, 4) is 0 Å². The summed E-state index contributed by atoms with van der Waals surface area (Å²) < 4.78 is 5.21. The van der Waals surface area contributed by atoms with Gasteiger partial charge in [-0.05, 0) is 18.6 Å². The molecule has 0 fully saturated rings. The maximum Gasteiger partial charge on any atom is 0.121 e. The van der Waals surface area contributed by atoms with Crippen molar-refractivity contribution < 1.29 is 9.84 Å². The van der Waals surface area contributed by atoms with Crippen LogP contribution >= 0.6 is 11.6 Å². The number of hydrogen-bond acceptors (Lipinski definition) is 3. The van der Waals surface area contributed by atoms with Gasteiger partial charge in [0.1, 0.15) is 6.10 Å². The van der Waals surface area contributed by atoms with Gasteiger partial charge < -0.3 is 9.84 Å². The number of aliphatic hydroxyl groups is 1. The van der Waals surface area contributed by atoms with Crippen molar-refractivity contribution in [2.75, 3.05) is 13.2 Å². The highest BCUT2D eigenvalue weighted by molar-refractivity contribution is 6.31. The number of nitrogens with zero attached hydrogens (tertiary/aromatic N) is 1. The van der Waals surface area contributed by atoms with Crippen LogP contribution in [0.25, 0.3) is 0 Å². The summed E-state index contributed by atoms with van der Waals surface area (Å²) in [6.45, 7) is 2.90. The van der Waals surface area contributed by atoms with E-state index in [2.05, 4.69) is 4.98 Å². The first-order valence-corrected chi connectivity index (χ1v) is 4.99. The number of ether oxygens (including phenoxy) is 1. The van der Waals surface area contributed by atoms with Crippen LogP contribution in [0.2, 0.25) is 5.02 Å². The molecule has 0 aliphatic heterocycles. The van der Waals surface area contributed by atoms with Crippen LogP contribution in [0.4, 0.5) is 0 Å². The fraction of sp³-hybridized carbons (Fsp3) is 0.500. The van der Waals surface area contributed by atoms with Gasteiger partial charge in [0.2, 0.25) is 0 Å². The number of hydrogen-bond donors (Lipinski definition) is 1. The molecule has 14 heavy (non-hydrogen) atoms. The van der Waals surface area contributed by atoms with E-state index in [1.807, 2.05) is 6.92 Å². The van der Waals surface area contributed by atoms with Gasteiger partial charge in [-0.2, -0.15) is 0 Å². The highest BCUT2D eigenvalue weighted by Crippen LogP contribution is 2.19. The number of halogens is 1. The van der Waals surface area contributed by atoms with Crippen LogP contribution in [0.15, 0.2) is 18.3 Å². The van der Waals surface area contributed by atoms with Crippen molar-refractivity contribution in [2.45, 2.75) is 19.4 Å². The third-order valence-electron chi connectivity index (χ3n) is 1.73. The SMILES string of the molecule is CCCOCC(O)c1ncccc1Cl. The van der Waals surface area contributed by atoms with Gasteiger partial charge >= 0.3 is 0 Å². The number of aromatic nitrogens is 1. The lowest BCUT2D eigenvalue weighted by Crippen LogP contribution is -2.09. The van der Waals surface area contributed by atoms with Gasteiger partial charge in [-0.3, -0.25) is 4.98 Å². The van der Waals surface area contributed by atoms with E-state index < -0.39 is 6.10 Å². The van der Waals surface area contributed by atoms with Gasteiger partial charge in [0.25, 0.3) is 0 Å². The van der Waals surface area contributed by atoms with Crippen LogP contribution in [0.3, 0.4) is 0 Å². The summed E-state index contributed by atoms with van der Waals surface area (Å²) in [6.07, 6.45) is 1.79. The maximum atomic E-state index is 9.66. The summed E-state index contributed by atoms with van der Waals surface area (Å²) in [6, 6.07) is 3.43. The van der Waals surface area contributed by atoms with E-state index in [1.54, 1.807) is 18.3 Å². The Bertz CT molecular complexity index is 281. The summed E-state index contributed by atoms with van der Waals surface area (Å²) in [7, 11) is 0. The Balaban J connectivity index is 2.51. The van der Waals surface area contributed by atoms with E-state index in [0.29, 0.717) is 17.3 Å². The average molecular weight is 216 g/mol. The van der Waals surface area contributed by atoms with Crippen molar-refractivity contribution in [1.29, 1.82) is 0 Å². The molecule has 0 aromatic carbocycles. The van der Waals surface area contributed by atoms with Crippen LogP contribution in [0.5, 0.6) is 0 Å². The Kier molecular flexibility index (Phi) is 4.87. The normalized spacial score (nSPS) is 12.8. The largest absolute Gasteiger partial charge is 0.384 e. The first-order chi connectivity index (χ1) is 6.75. The van der Waals surface area contributed by atoms with Gasteiger partial charge in [-0.15, -0.1) is 0 Å². The monoisotopic (exact) mass is 215 g/mol. The molecule has 1 unspecified atom stereocenters. The van der Waals surface area contributed by atoms with Crippen molar-refractivity contribution in [3.63, 3.8) is 0 Å². The summed E-state index contributed by atoms with van der Waals surface area (Å²) >= 11 is 5.85. The van der Waals surface area contributed by atoms with E-state index in [0.717, 1.165) is 6.42 Å². The molecular weight excluding hydrogens is 202 g/mol. The standard InChI is InChI=1S/C10H14ClNO2/c1-2-6-14-7-9(13)10-8(11)4-3-5-12-10/h3-5,9,13H,2,6-7H2,1H3. The van der Waals surface area contributed by atoms with Crippen LogP contribution in [0.1, 0.15) is 25.1 Å². The van der Waals surface area contributed by atoms with Gasteiger partial charge in [0.15, 0.2) is 0 Å². The average Bonchev–Trinajstić information content (AvgIpc) is 2.18. The van der Waals surface area contributed by atoms with Crippen LogP contribution in [-0.2, 0) is 4.74 Å². The first-order valence-electron chi connectivity index (χ1n) is 4.62. The molecule has 78 valence electrons. The molecule has 0 spiro atoms. The number of aliphatic hydroxyl groups excluding tert-OH is 1. The molecular formula is C10H14ClNO2. The van der Waals surface area contributed by atoms with Crippen molar-refractivity contribution >= 4 is 11.6 Å². The Morgan fingerprint density at radius 1 is 1.64 bits per heavy atom. The van der Waals surface area contributed by atoms with Crippen LogP contribution in [0, 0.1) is 0 Å². The Morgan fingerprint density at radius 2 is 2.43 bits per heavy atom. The summed E-state index contributed by atoms with van der Waals surface area (Å²) in [5, 5.41) is 10.1. The van der Waals surface area contributed by atoms with E-state index >= 15 is 0 Å². The summed E-state index contributed by atoms with van der Waals surface area (Å²) in [5.74, 6) is 0. The van der Waals surface area contributed by atoms with E-state index in [9.17, 15) is 5.11 Å². The van der Waals surface area contributed by atoms with Gasteiger partial charge in [-0.1, -0.05) is 18.5 Å². The third kappa shape index (κ3) is 3.25. The lowest BCUT2D eigenvalue weighted by atomic mass is 10.2. The minimum Gasteiger partial charge on any atom is -0.384 e. The molecule has 0 aliphatic carbocycles. The molecule has 0 bridgehead atoms. The first kappa shape index (κ1) is 11.4. The second kappa shape index (κ2) is 5.96. The molecule has 1 N–H and O–H groups in total. The molecule has 3 nitrogen and oxygen atoms in total. The third-order valence-corrected chi connectivity index (χ3v) is 2.05. The summed E-state index contributed by atoms with van der Waals surface area (Å²) in [4.78, 5) is 3.99. The van der Waals surface area contributed by atoms with Crippen molar-refractivity contribution in [1.82, 2.24) is 4.98 Å². The second-order valence-electron chi connectivity index (χ2n) is 2.96. The Hall–Kier alpha value is -0.640. The molecule has 0 saturated carbocycles. The molecule has 1 aromatic rings. The van der Waals surface area contributed by atoms with Gasteiger partial charge in [0, 0.05) is 12.8 Å². The molecule has 0 radical (unpaired) electrons. The lowest BCUT2D eigenvalue weighted by molar-refractivity contribution is 0.0343. The molecule has 1 aromatic heterocycles. The zero-order valence-electron chi connectivity index (χ0n) is 8.11. The topological polar surface area (TPSA) is 42.4 Å². The predicted molar refractivity (Wildman–Crippen MR) is 55.3 cm³/mol. The van der Waals surface area contributed by atoms with Crippen LogP contribution < -0.4 is 0 Å².